The number of carbonyl (C=O) groups excluding carboxylic acids is 3. The molecule has 0 saturated heterocycles. The predicted molar refractivity (Wildman–Crippen MR) is 97.2 cm³/mol. The number of carbonyl (C=O) groups is 3. The van der Waals surface area contributed by atoms with Crippen molar-refractivity contribution < 1.29 is 19.1 Å². The summed E-state index contributed by atoms with van der Waals surface area (Å²) in [5.41, 5.74) is 1.19. The van der Waals surface area contributed by atoms with Gasteiger partial charge in [0.25, 0.3) is 5.91 Å². The SMILES string of the molecule is C[C@H](Nc1ccc2c(c1)NC(=O)[C@H](C)O2)C(=O)NC(=O)NC1CCCC1. The van der Waals surface area contributed by atoms with Gasteiger partial charge < -0.3 is 20.7 Å². The molecule has 0 unspecified atom stereocenters. The van der Waals surface area contributed by atoms with Crippen molar-refractivity contribution >= 4 is 29.2 Å². The van der Waals surface area contributed by atoms with Gasteiger partial charge in [0, 0.05) is 11.7 Å². The minimum absolute atomic E-state index is 0.151. The molecule has 3 rings (SSSR count). The monoisotopic (exact) mass is 360 g/mol. The Kier molecular flexibility index (Phi) is 5.29. The molecule has 26 heavy (non-hydrogen) atoms. The number of amides is 4. The Morgan fingerprint density at radius 2 is 2.00 bits per heavy atom. The van der Waals surface area contributed by atoms with Crippen LogP contribution in [0.2, 0.25) is 0 Å². The summed E-state index contributed by atoms with van der Waals surface area (Å²) in [7, 11) is 0. The van der Waals surface area contributed by atoms with Crippen molar-refractivity contribution in [1.29, 1.82) is 0 Å². The van der Waals surface area contributed by atoms with E-state index in [2.05, 4.69) is 21.3 Å². The topological polar surface area (TPSA) is 109 Å². The van der Waals surface area contributed by atoms with Crippen LogP contribution in [-0.2, 0) is 9.59 Å². The van der Waals surface area contributed by atoms with Crippen LogP contribution in [0, 0.1) is 0 Å². The van der Waals surface area contributed by atoms with Crippen molar-refractivity contribution in [3.05, 3.63) is 18.2 Å². The summed E-state index contributed by atoms with van der Waals surface area (Å²) < 4.78 is 5.50. The summed E-state index contributed by atoms with van der Waals surface area (Å²) in [6, 6.07) is 4.24. The minimum Gasteiger partial charge on any atom is -0.479 e. The van der Waals surface area contributed by atoms with Crippen molar-refractivity contribution in [1.82, 2.24) is 10.6 Å². The molecule has 1 saturated carbocycles. The third-order valence-electron chi connectivity index (χ3n) is 4.61. The predicted octanol–water partition coefficient (Wildman–Crippen LogP) is 1.97. The summed E-state index contributed by atoms with van der Waals surface area (Å²) in [4.78, 5) is 35.8. The largest absolute Gasteiger partial charge is 0.479 e. The molecule has 1 heterocycles. The molecule has 8 nitrogen and oxygen atoms in total. The maximum absolute atomic E-state index is 12.2. The van der Waals surface area contributed by atoms with Crippen LogP contribution >= 0.6 is 0 Å². The van der Waals surface area contributed by atoms with E-state index in [9.17, 15) is 14.4 Å². The number of hydrogen-bond donors (Lipinski definition) is 4. The van der Waals surface area contributed by atoms with E-state index in [1.807, 2.05) is 0 Å². The van der Waals surface area contributed by atoms with Gasteiger partial charge in [-0.05, 0) is 44.9 Å². The van der Waals surface area contributed by atoms with E-state index >= 15 is 0 Å². The van der Waals surface area contributed by atoms with Gasteiger partial charge in [0.15, 0.2) is 6.10 Å². The standard InChI is InChI=1S/C18H24N4O4/c1-10(16(23)22-18(25)20-12-5-3-4-6-12)19-13-7-8-15-14(9-13)21-17(24)11(2)26-15/h7-12,19H,3-6H2,1-2H3,(H,21,24)(H2,20,22,23,25)/t10-,11-/m0/s1. The molecule has 4 N–H and O–H groups in total. The molecule has 8 heteroatoms. The Balaban J connectivity index is 1.54. The number of ether oxygens (including phenoxy) is 1. The van der Waals surface area contributed by atoms with Crippen LogP contribution in [0.3, 0.4) is 0 Å². The number of fused-ring (bicyclic) bond motifs is 1. The third-order valence-corrected chi connectivity index (χ3v) is 4.61. The Morgan fingerprint density at radius 3 is 2.73 bits per heavy atom. The second kappa shape index (κ2) is 7.63. The number of anilines is 2. The third kappa shape index (κ3) is 4.25. The summed E-state index contributed by atoms with van der Waals surface area (Å²) in [5.74, 6) is -0.0631. The van der Waals surface area contributed by atoms with Crippen LogP contribution in [0.25, 0.3) is 0 Å². The molecule has 1 fully saturated rings. The van der Waals surface area contributed by atoms with Crippen LogP contribution in [0.15, 0.2) is 18.2 Å². The zero-order valence-corrected chi connectivity index (χ0v) is 14.9. The first-order valence-electron chi connectivity index (χ1n) is 8.92. The summed E-state index contributed by atoms with van der Waals surface area (Å²) in [6.45, 7) is 3.34. The van der Waals surface area contributed by atoms with Gasteiger partial charge in [-0.25, -0.2) is 4.79 Å². The van der Waals surface area contributed by atoms with Gasteiger partial charge in [-0.2, -0.15) is 0 Å². The van der Waals surface area contributed by atoms with Crippen molar-refractivity contribution in [2.45, 2.75) is 57.7 Å². The number of rotatable bonds is 4. The van der Waals surface area contributed by atoms with Gasteiger partial charge in [0.1, 0.15) is 11.8 Å². The number of imide groups is 1. The fourth-order valence-corrected chi connectivity index (χ4v) is 3.13. The molecule has 4 amide bonds. The van der Waals surface area contributed by atoms with E-state index in [-0.39, 0.29) is 11.9 Å². The first-order valence-corrected chi connectivity index (χ1v) is 8.92. The smallest absolute Gasteiger partial charge is 0.321 e. The van der Waals surface area contributed by atoms with E-state index in [1.54, 1.807) is 32.0 Å². The van der Waals surface area contributed by atoms with E-state index < -0.39 is 24.1 Å². The molecule has 0 aromatic heterocycles. The normalized spacial score (nSPS) is 20.4. The molecule has 0 spiro atoms. The minimum atomic E-state index is -0.624. The molecule has 2 aliphatic rings. The Hall–Kier alpha value is -2.77. The Morgan fingerprint density at radius 1 is 1.27 bits per heavy atom. The zero-order valence-electron chi connectivity index (χ0n) is 14.9. The van der Waals surface area contributed by atoms with E-state index in [0.717, 1.165) is 25.7 Å². The lowest BCUT2D eigenvalue weighted by molar-refractivity contribution is -0.123. The molecule has 140 valence electrons. The van der Waals surface area contributed by atoms with Gasteiger partial charge in [-0.1, -0.05) is 12.8 Å². The quantitative estimate of drug-likeness (QED) is 0.656. The Labute approximate surface area is 152 Å². The number of hydrogen-bond acceptors (Lipinski definition) is 5. The molecular weight excluding hydrogens is 336 g/mol. The fourth-order valence-electron chi connectivity index (χ4n) is 3.13. The first-order chi connectivity index (χ1) is 12.4. The Bertz CT molecular complexity index is 715. The van der Waals surface area contributed by atoms with E-state index in [1.165, 1.54) is 0 Å². The highest BCUT2D eigenvalue weighted by Gasteiger charge is 2.24. The van der Waals surface area contributed by atoms with Crippen molar-refractivity contribution in [3.63, 3.8) is 0 Å². The van der Waals surface area contributed by atoms with Gasteiger partial charge in [-0.15, -0.1) is 0 Å². The van der Waals surface area contributed by atoms with Crippen molar-refractivity contribution in [2.24, 2.45) is 0 Å². The lowest BCUT2D eigenvalue weighted by Crippen LogP contribution is -2.48. The second-order valence-electron chi connectivity index (χ2n) is 6.77. The number of nitrogens with one attached hydrogen (secondary N) is 4. The molecule has 0 bridgehead atoms. The van der Waals surface area contributed by atoms with Gasteiger partial charge in [0.2, 0.25) is 5.91 Å². The highest BCUT2D eigenvalue weighted by molar-refractivity contribution is 5.99. The van der Waals surface area contributed by atoms with E-state index in [4.69, 9.17) is 4.74 Å². The maximum atomic E-state index is 12.2. The summed E-state index contributed by atoms with van der Waals surface area (Å²) in [6.07, 6.45) is 3.58. The second-order valence-corrected chi connectivity index (χ2v) is 6.77. The maximum Gasteiger partial charge on any atom is 0.321 e. The van der Waals surface area contributed by atoms with Crippen LogP contribution in [0.1, 0.15) is 39.5 Å². The molecule has 1 aliphatic heterocycles. The molecule has 1 aromatic rings. The first kappa shape index (κ1) is 18.0. The molecule has 2 atom stereocenters. The lowest BCUT2D eigenvalue weighted by Gasteiger charge is -2.24. The molecule has 1 aromatic carbocycles. The lowest BCUT2D eigenvalue weighted by atomic mass is 10.2. The average Bonchev–Trinajstić information content (AvgIpc) is 3.08. The van der Waals surface area contributed by atoms with Crippen LogP contribution in [0.5, 0.6) is 5.75 Å². The number of benzene rings is 1. The fraction of sp³-hybridized carbons (Fsp3) is 0.500. The van der Waals surface area contributed by atoms with Gasteiger partial charge >= 0.3 is 6.03 Å². The molecule has 0 radical (unpaired) electrons. The number of urea groups is 1. The van der Waals surface area contributed by atoms with Crippen LogP contribution in [-0.4, -0.2) is 36.0 Å². The van der Waals surface area contributed by atoms with Crippen LogP contribution < -0.4 is 26.0 Å². The van der Waals surface area contributed by atoms with Gasteiger partial charge in [0.05, 0.1) is 5.69 Å². The van der Waals surface area contributed by atoms with Crippen molar-refractivity contribution in [2.75, 3.05) is 10.6 Å². The van der Waals surface area contributed by atoms with E-state index in [0.29, 0.717) is 17.1 Å². The zero-order chi connectivity index (χ0) is 18.7. The molecular formula is C18H24N4O4. The molecule has 1 aliphatic carbocycles. The highest BCUT2D eigenvalue weighted by atomic mass is 16.5. The van der Waals surface area contributed by atoms with Gasteiger partial charge in [-0.3, -0.25) is 14.9 Å². The highest BCUT2D eigenvalue weighted by Crippen LogP contribution is 2.32. The average molecular weight is 360 g/mol. The van der Waals surface area contributed by atoms with Crippen LogP contribution in [0.4, 0.5) is 16.2 Å². The summed E-state index contributed by atoms with van der Waals surface area (Å²) >= 11 is 0. The van der Waals surface area contributed by atoms with Crippen molar-refractivity contribution in [3.8, 4) is 5.75 Å². The summed E-state index contributed by atoms with van der Waals surface area (Å²) in [5, 5.41) is 10.9.